The van der Waals surface area contributed by atoms with Gasteiger partial charge in [-0.3, -0.25) is 14.5 Å². The van der Waals surface area contributed by atoms with Crippen LogP contribution in [0.5, 0.6) is 0 Å². The van der Waals surface area contributed by atoms with Crippen LogP contribution in [0.3, 0.4) is 0 Å². The van der Waals surface area contributed by atoms with Gasteiger partial charge >= 0.3 is 0 Å². The molecule has 1 aliphatic rings. The van der Waals surface area contributed by atoms with E-state index in [1.165, 1.54) is 6.20 Å². The fourth-order valence-corrected chi connectivity index (χ4v) is 4.83. The molecule has 13 heteroatoms. The van der Waals surface area contributed by atoms with Crippen molar-refractivity contribution >= 4 is 45.9 Å². The number of hydrogen-bond acceptors (Lipinski definition) is 9. The number of methoxy groups -OCH3 is 1. The van der Waals surface area contributed by atoms with Gasteiger partial charge in [-0.2, -0.15) is 0 Å². The van der Waals surface area contributed by atoms with Crippen molar-refractivity contribution in [1.29, 1.82) is 0 Å². The van der Waals surface area contributed by atoms with Crippen LogP contribution >= 0.6 is 0 Å². The van der Waals surface area contributed by atoms with E-state index in [1.807, 2.05) is 6.07 Å². The van der Waals surface area contributed by atoms with Crippen LogP contribution in [0.15, 0.2) is 48.9 Å². The number of carbonyl (C=O) groups is 2. The Bertz CT molecular complexity index is 1550. The number of nitrogens with one attached hydrogen (secondary N) is 4. The molecule has 0 aliphatic carbocycles. The number of para-hydroxylation sites is 1. The van der Waals surface area contributed by atoms with Crippen LogP contribution in [-0.2, 0) is 14.3 Å². The number of ether oxygens (including phenoxy) is 1. The van der Waals surface area contributed by atoms with E-state index in [4.69, 9.17) is 4.74 Å². The highest BCUT2D eigenvalue weighted by atomic mass is 19.1. The molecule has 2 amide bonds. The number of rotatable bonds is 10. The Labute approximate surface area is 242 Å². The lowest BCUT2D eigenvalue weighted by Gasteiger charge is -2.36. The maximum Gasteiger partial charge on any atom is 0.244 e. The van der Waals surface area contributed by atoms with Crippen molar-refractivity contribution in [1.82, 2.24) is 29.7 Å². The highest BCUT2D eigenvalue weighted by molar-refractivity contribution is 6.06. The second kappa shape index (κ2) is 13.0. The zero-order valence-electron chi connectivity index (χ0n) is 23.8. The molecule has 4 heterocycles. The lowest BCUT2D eigenvalue weighted by molar-refractivity contribution is -0.124. The van der Waals surface area contributed by atoms with Crippen LogP contribution in [0.1, 0.15) is 13.3 Å². The summed E-state index contributed by atoms with van der Waals surface area (Å²) in [5.74, 6) is -0.305. The van der Waals surface area contributed by atoms with Gasteiger partial charge in [0.1, 0.15) is 17.6 Å². The largest absolute Gasteiger partial charge is 0.383 e. The minimum absolute atomic E-state index is 0.0942. The summed E-state index contributed by atoms with van der Waals surface area (Å²) in [6.45, 7) is 5.33. The Kier molecular flexibility index (Phi) is 9.00. The van der Waals surface area contributed by atoms with Crippen LogP contribution in [0, 0.1) is 5.82 Å². The first kappa shape index (κ1) is 29.0. The molecule has 1 fully saturated rings. The van der Waals surface area contributed by atoms with Crippen LogP contribution in [-0.4, -0.2) is 94.5 Å². The number of carbonyl (C=O) groups excluding carboxylic acids is 2. The topological polar surface area (TPSA) is 140 Å². The molecule has 1 atom stereocenters. The summed E-state index contributed by atoms with van der Waals surface area (Å²) < 4.78 is 20.4. The summed E-state index contributed by atoms with van der Waals surface area (Å²) in [7, 11) is 3.66. The van der Waals surface area contributed by atoms with Crippen molar-refractivity contribution in [3.05, 3.63) is 54.7 Å². The van der Waals surface area contributed by atoms with E-state index in [1.54, 1.807) is 44.5 Å². The van der Waals surface area contributed by atoms with Gasteiger partial charge in [-0.25, -0.2) is 19.3 Å². The number of aromatic nitrogens is 4. The molecule has 3 aromatic heterocycles. The first-order chi connectivity index (χ1) is 20.4. The number of likely N-dealkylation sites (N-methyl/N-ethyl adjacent to an activating group) is 1. The summed E-state index contributed by atoms with van der Waals surface area (Å²) in [4.78, 5) is 45.2. The predicted octanol–water partition coefficient (Wildman–Crippen LogP) is 3.45. The number of fused-ring (bicyclic) bond motifs is 1. The van der Waals surface area contributed by atoms with Crippen molar-refractivity contribution in [2.24, 2.45) is 0 Å². The molecule has 0 spiro atoms. The number of amides is 2. The number of hydrogen-bond donors (Lipinski definition) is 4. The zero-order valence-corrected chi connectivity index (χ0v) is 23.8. The number of aromatic amines is 1. The van der Waals surface area contributed by atoms with Crippen LogP contribution in [0.2, 0.25) is 0 Å². The molecule has 1 aromatic carbocycles. The van der Waals surface area contributed by atoms with Crippen LogP contribution < -0.4 is 16.0 Å². The van der Waals surface area contributed by atoms with Crippen molar-refractivity contribution in [2.45, 2.75) is 19.4 Å². The van der Waals surface area contributed by atoms with E-state index in [2.05, 4.69) is 52.7 Å². The van der Waals surface area contributed by atoms with Crippen LogP contribution in [0.4, 0.5) is 27.5 Å². The molecule has 4 N–H and O–H groups in total. The normalized spacial score (nSPS) is 15.0. The van der Waals surface area contributed by atoms with E-state index in [0.29, 0.717) is 40.1 Å². The van der Waals surface area contributed by atoms with E-state index in [9.17, 15) is 9.59 Å². The Balaban J connectivity index is 1.36. The molecular formula is C29H34FN9O3. The number of nitrogens with zero attached hydrogens (tertiary/aromatic N) is 5. The molecule has 5 rings (SSSR count). The molecule has 4 aromatic rings. The molecule has 0 saturated carbocycles. The average Bonchev–Trinajstić information content (AvgIpc) is 3.43. The summed E-state index contributed by atoms with van der Waals surface area (Å²) in [5, 5.41) is 9.44. The number of piperazine rings is 1. The number of pyridine rings is 1. The van der Waals surface area contributed by atoms with Gasteiger partial charge in [0, 0.05) is 56.9 Å². The smallest absolute Gasteiger partial charge is 0.244 e. The average molecular weight is 576 g/mol. The number of benzene rings is 1. The van der Waals surface area contributed by atoms with E-state index in [-0.39, 0.29) is 30.1 Å². The third-order valence-electron chi connectivity index (χ3n) is 7.19. The monoisotopic (exact) mass is 575 g/mol. The summed E-state index contributed by atoms with van der Waals surface area (Å²) in [5.41, 5.74) is 2.41. The molecule has 12 nitrogen and oxygen atoms in total. The minimum Gasteiger partial charge on any atom is -0.383 e. The number of anilines is 4. The first-order valence-electron chi connectivity index (χ1n) is 13.7. The summed E-state index contributed by atoms with van der Waals surface area (Å²) >= 11 is 0. The van der Waals surface area contributed by atoms with Crippen molar-refractivity contribution < 1.29 is 18.7 Å². The second-order valence-electron chi connectivity index (χ2n) is 10.1. The lowest BCUT2D eigenvalue weighted by Crippen LogP contribution is -2.54. The standard InChI is InChI=1S/C29H34FN9O3/c1-4-25(40)36-24-9-8-18(14-31-24)34-29-33-16-21(30)26(37-29)20-15-32-27-19(20)6-5-7-22(27)35-28(41)23(17-42-3)39-12-10-38(2)11-13-39/h5-9,14-16,23,32H,4,10-13,17H2,1-3H3,(H,35,41)(H,31,36,40)(H,33,34,37). The molecule has 1 aliphatic heterocycles. The van der Waals surface area contributed by atoms with Gasteiger partial charge in [0.15, 0.2) is 5.82 Å². The number of H-pyrrole nitrogens is 1. The Hall–Kier alpha value is -4.46. The molecule has 1 unspecified atom stereocenters. The van der Waals surface area contributed by atoms with E-state index < -0.39 is 11.9 Å². The van der Waals surface area contributed by atoms with Gasteiger partial charge in [-0.05, 0) is 25.2 Å². The van der Waals surface area contributed by atoms with Gasteiger partial charge < -0.3 is 30.6 Å². The SMILES string of the molecule is CCC(=O)Nc1ccc(Nc2ncc(F)c(-c3c[nH]c4c(NC(=O)C(COC)N5CCN(C)CC5)cccc34)n2)cn1. The van der Waals surface area contributed by atoms with Gasteiger partial charge in [-0.1, -0.05) is 19.1 Å². The van der Waals surface area contributed by atoms with E-state index >= 15 is 4.39 Å². The third kappa shape index (κ3) is 6.54. The second-order valence-corrected chi connectivity index (χ2v) is 10.1. The van der Waals surface area contributed by atoms with Gasteiger partial charge in [0.2, 0.25) is 17.8 Å². The van der Waals surface area contributed by atoms with Crippen molar-refractivity contribution in [3.63, 3.8) is 0 Å². The quantitative estimate of drug-likeness (QED) is 0.224. The molecule has 1 saturated heterocycles. The Morgan fingerprint density at radius 2 is 1.90 bits per heavy atom. The third-order valence-corrected chi connectivity index (χ3v) is 7.19. The molecule has 220 valence electrons. The van der Waals surface area contributed by atoms with Gasteiger partial charge in [-0.15, -0.1) is 0 Å². The molecular weight excluding hydrogens is 541 g/mol. The maximum atomic E-state index is 15.0. The highest BCUT2D eigenvalue weighted by Gasteiger charge is 2.29. The van der Waals surface area contributed by atoms with Gasteiger partial charge in [0.05, 0.1) is 35.9 Å². The first-order valence-corrected chi connectivity index (χ1v) is 13.7. The lowest BCUT2D eigenvalue weighted by atomic mass is 10.1. The fraction of sp³-hybridized carbons (Fsp3) is 0.345. The highest BCUT2D eigenvalue weighted by Crippen LogP contribution is 2.33. The zero-order chi connectivity index (χ0) is 29.6. The Morgan fingerprint density at radius 3 is 2.62 bits per heavy atom. The molecule has 0 radical (unpaired) electrons. The maximum absolute atomic E-state index is 15.0. The van der Waals surface area contributed by atoms with Crippen molar-refractivity contribution in [3.8, 4) is 11.3 Å². The van der Waals surface area contributed by atoms with Crippen molar-refractivity contribution in [2.75, 3.05) is 62.9 Å². The number of halogens is 1. The fourth-order valence-electron chi connectivity index (χ4n) is 4.83. The molecule has 42 heavy (non-hydrogen) atoms. The Morgan fingerprint density at radius 1 is 1.10 bits per heavy atom. The summed E-state index contributed by atoms with van der Waals surface area (Å²) in [6, 6.07) is 8.37. The predicted molar refractivity (Wildman–Crippen MR) is 159 cm³/mol. The van der Waals surface area contributed by atoms with E-state index in [0.717, 1.165) is 32.4 Å². The van der Waals surface area contributed by atoms with Crippen LogP contribution in [0.25, 0.3) is 22.2 Å². The molecule has 0 bridgehead atoms. The van der Waals surface area contributed by atoms with Gasteiger partial charge in [0.25, 0.3) is 0 Å². The minimum atomic E-state index is -0.595. The summed E-state index contributed by atoms with van der Waals surface area (Å²) in [6.07, 6.45) is 4.64.